The summed E-state index contributed by atoms with van der Waals surface area (Å²) in [5.41, 5.74) is 1.05. The first-order valence-corrected chi connectivity index (χ1v) is 9.49. The number of nitrogens with zero attached hydrogens (tertiary/aromatic N) is 2. The largest absolute Gasteiger partial charge is 0.365 e. The van der Waals surface area contributed by atoms with Gasteiger partial charge in [-0.1, -0.05) is 54.1 Å². The minimum atomic E-state index is -1.45. The standard InChI is InChI=1S/C19H19ClN2O2S/c1-14-11-19(24,16-7-9-17(20)10-8-16)22(21-14)18(23)13-25-12-15-5-3-2-4-6-15/h2-10,24H,11-13H2,1H3/t19-/m1/s1. The first kappa shape index (κ1) is 18.0. The van der Waals surface area contributed by atoms with Gasteiger partial charge in [0, 0.05) is 28.5 Å². The molecule has 0 saturated carbocycles. The fourth-order valence-electron chi connectivity index (χ4n) is 2.82. The lowest BCUT2D eigenvalue weighted by Gasteiger charge is -2.31. The number of carbonyl (C=O) groups is 1. The molecule has 1 N–H and O–H groups in total. The van der Waals surface area contributed by atoms with Crippen LogP contribution in [0.4, 0.5) is 0 Å². The molecular weight excluding hydrogens is 356 g/mol. The molecule has 0 radical (unpaired) electrons. The number of aliphatic hydroxyl groups is 1. The van der Waals surface area contributed by atoms with Gasteiger partial charge in [0.1, 0.15) is 0 Å². The van der Waals surface area contributed by atoms with Gasteiger partial charge in [0.15, 0.2) is 5.72 Å². The smallest absolute Gasteiger partial charge is 0.255 e. The monoisotopic (exact) mass is 374 g/mol. The summed E-state index contributed by atoms with van der Waals surface area (Å²) >= 11 is 7.43. The molecule has 1 heterocycles. The SMILES string of the molecule is CC1=NN(C(=O)CSCc2ccccc2)[C@](O)(c2ccc(Cl)cc2)C1. The topological polar surface area (TPSA) is 52.9 Å². The predicted octanol–water partition coefficient (Wildman–Crippen LogP) is 4.03. The van der Waals surface area contributed by atoms with E-state index in [2.05, 4.69) is 5.10 Å². The van der Waals surface area contributed by atoms with Gasteiger partial charge in [0.25, 0.3) is 5.91 Å². The summed E-state index contributed by atoms with van der Waals surface area (Å²) < 4.78 is 0. The molecule has 0 fully saturated rings. The summed E-state index contributed by atoms with van der Waals surface area (Å²) in [5.74, 6) is 0.777. The minimum absolute atomic E-state index is 0.213. The van der Waals surface area contributed by atoms with E-state index in [0.717, 1.165) is 17.0 Å². The van der Waals surface area contributed by atoms with Crippen molar-refractivity contribution in [3.63, 3.8) is 0 Å². The predicted molar refractivity (Wildman–Crippen MR) is 103 cm³/mol. The number of rotatable bonds is 5. The Hall–Kier alpha value is -1.82. The van der Waals surface area contributed by atoms with Crippen LogP contribution in [-0.4, -0.2) is 27.5 Å². The molecule has 2 aromatic rings. The van der Waals surface area contributed by atoms with E-state index in [1.54, 1.807) is 24.3 Å². The van der Waals surface area contributed by atoms with Gasteiger partial charge in [-0.15, -0.1) is 11.8 Å². The maximum atomic E-state index is 12.6. The normalized spacial score (nSPS) is 19.8. The summed E-state index contributed by atoms with van der Waals surface area (Å²) in [6.07, 6.45) is 0.295. The summed E-state index contributed by atoms with van der Waals surface area (Å²) in [6.45, 7) is 1.81. The highest BCUT2D eigenvalue weighted by molar-refractivity contribution is 7.99. The number of halogens is 1. The molecule has 1 aliphatic rings. The van der Waals surface area contributed by atoms with Crippen molar-refractivity contribution in [3.05, 3.63) is 70.7 Å². The Balaban J connectivity index is 1.69. The van der Waals surface area contributed by atoms with Crippen molar-refractivity contribution < 1.29 is 9.90 Å². The van der Waals surface area contributed by atoms with Crippen LogP contribution in [0.2, 0.25) is 5.02 Å². The van der Waals surface area contributed by atoms with E-state index in [9.17, 15) is 9.90 Å². The van der Waals surface area contributed by atoms with E-state index >= 15 is 0 Å². The number of thioether (sulfide) groups is 1. The Morgan fingerprint density at radius 1 is 1.24 bits per heavy atom. The molecule has 25 heavy (non-hydrogen) atoms. The number of amides is 1. The van der Waals surface area contributed by atoms with Crippen LogP contribution in [0.3, 0.4) is 0 Å². The Morgan fingerprint density at radius 3 is 2.60 bits per heavy atom. The molecule has 3 rings (SSSR count). The molecule has 1 aliphatic heterocycles. The molecule has 4 nitrogen and oxygen atoms in total. The van der Waals surface area contributed by atoms with Gasteiger partial charge in [-0.25, -0.2) is 0 Å². The number of hydrogen-bond donors (Lipinski definition) is 1. The maximum absolute atomic E-state index is 12.6. The fourth-order valence-corrected chi connectivity index (χ4v) is 3.77. The Kier molecular flexibility index (Phi) is 5.47. The van der Waals surface area contributed by atoms with Crippen LogP contribution in [0.5, 0.6) is 0 Å². The lowest BCUT2D eigenvalue weighted by atomic mass is 9.98. The first-order chi connectivity index (χ1) is 12.0. The molecule has 0 aromatic heterocycles. The summed E-state index contributed by atoms with van der Waals surface area (Å²) in [5, 5.41) is 17.2. The minimum Gasteiger partial charge on any atom is -0.365 e. The van der Waals surface area contributed by atoms with Gasteiger partial charge < -0.3 is 5.11 Å². The van der Waals surface area contributed by atoms with Crippen LogP contribution >= 0.6 is 23.4 Å². The van der Waals surface area contributed by atoms with Gasteiger partial charge in [0.2, 0.25) is 0 Å². The third kappa shape index (κ3) is 4.06. The van der Waals surface area contributed by atoms with Crippen LogP contribution in [0.1, 0.15) is 24.5 Å². The lowest BCUT2D eigenvalue weighted by Crippen LogP contribution is -2.44. The Labute approximate surface area is 156 Å². The molecule has 6 heteroatoms. The van der Waals surface area contributed by atoms with E-state index in [1.807, 2.05) is 37.3 Å². The summed E-state index contributed by atoms with van der Waals surface area (Å²) in [6, 6.07) is 16.8. The molecule has 1 amide bonds. The quantitative estimate of drug-likeness (QED) is 0.859. The van der Waals surface area contributed by atoms with Gasteiger partial charge >= 0.3 is 0 Å². The second kappa shape index (κ2) is 7.60. The van der Waals surface area contributed by atoms with Crippen molar-refractivity contribution >= 4 is 35.0 Å². The average molecular weight is 375 g/mol. The number of benzene rings is 2. The molecule has 0 aliphatic carbocycles. The Morgan fingerprint density at radius 2 is 1.92 bits per heavy atom. The van der Waals surface area contributed by atoms with Crippen molar-refractivity contribution in [1.29, 1.82) is 0 Å². The first-order valence-electron chi connectivity index (χ1n) is 7.96. The Bertz CT molecular complexity index is 780. The molecular formula is C19H19ClN2O2S. The van der Waals surface area contributed by atoms with Gasteiger partial charge in [0.05, 0.1) is 5.75 Å². The van der Waals surface area contributed by atoms with Crippen LogP contribution in [0.25, 0.3) is 0 Å². The second-order valence-corrected chi connectivity index (χ2v) is 7.44. The highest BCUT2D eigenvalue weighted by atomic mass is 35.5. The van der Waals surface area contributed by atoms with Gasteiger partial charge in [-0.2, -0.15) is 10.1 Å². The number of hydrazone groups is 1. The molecule has 130 valence electrons. The van der Waals surface area contributed by atoms with E-state index in [4.69, 9.17) is 11.6 Å². The maximum Gasteiger partial charge on any atom is 0.255 e. The zero-order chi connectivity index (χ0) is 17.9. The number of hydrogen-bond acceptors (Lipinski definition) is 4. The fraction of sp³-hybridized carbons (Fsp3) is 0.263. The number of carbonyl (C=O) groups excluding carboxylic acids is 1. The molecule has 0 bridgehead atoms. The zero-order valence-corrected chi connectivity index (χ0v) is 15.4. The van der Waals surface area contributed by atoms with Crippen molar-refractivity contribution in [2.45, 2.75) is 24.8 Å². The molecule has 0 saturated heterocycles. The van der Waals surface area contributed by atoms with E-state index < -0.39 is 5.72 Å². The van der Waals surface area contributed by atoms with Crippen molar-refractivity contribution in [1.82, 2.24) is 5.01 Å². The second-order valence-electron chi connectivity index (χ2n) is 6.02. The van der Waals surface area contributed by atoms with Crippen LogP contribution in [0.15, 0.2) is 59.7 Å². The van der Waals surface area contributed by atoms with Gasteiger partial charge in [-0.05, 0) is 24.6 Å². The van der Waals surface area contributed by atoms with Crippen LogP contribution < -0.4 is 0 Å². The summed E-state index contributed by atoms with van der Waals surface area (Å²) in [4.78, 5) is 12.6. The summed E-state index contributed by atoms with van der Waals surface area (Å²) in [7, 11) is 0. The highest BCUT2D eigenvalue weighted by Gasteiger charge is 2.44. The zero-order valence-electron chi connectivity index (χ0n) is 13.9. The van der Waals surface area contributed by atoms with Crippen molar-refractivity contribution in [2.75, 3.05) is 5.75 Å². The van der Waals surface area contributed by atoms with Crippen molar-refractivity contribution in [2.24, 2.45) is 5.10 Å². The van der Waals surface area contributed by atoms with E-state index in [0.29, 0.717) is 17.0 Å². The van der Waals surface area contributed by atoms with E-state index in [1.165, 1.54) is 16.8 Å². The van der Waals surface area contributed by atoms with E-state index in [-0.39, 0.29) is 11.7 Å². The lowest BCUT2D eigenvalue weighted by molar-refractivity contribution is -0.154. The molecule has 0 unspecified atom stereocenters. The molecule has 0 spiro atoms. The van der Waals surface area contributed by atoms with Crippen LogP contribution in [0, 0.1) is 0 Å². The average Bonchev–Trinajstić information content (AvgIpc) is 2.92. The molecule has 1 atom stereocenters. The molecule has 2 aromatic carbocycles. The van der Waals surface area contributed by atoms with Gasteiger partial charge in [-0.3, -0.25) is 4.79 Å². The highest BCUT2D eigenvalue weighted by Crippen LogP contribution is 2.36. The van der Waals surface area contributed by atoms with Crippen molar-refractivity contribution in [3.8, 4) is 0 Å². The van der Waals surface area contributed by atoms with Crippen LogP contribution in [-0.2, 0) is 16.3 Å². The third-order valence-electron chi connectivity index (χ3n) is 4.00. The third-order valence-corrected chi connectivity index (χ3v) is 5.24.